The minimum atomic E-state index is -1.07. The Morgan fingerprint density at radius 2 is 1.86 bits per heavy atom. The molecule has 0 unspecified atom stereocenters. The first-order valence-electron chi connectivity index (χ1n) is 11.3. The van der Waals surface area contributed by atoms with Gasteiger partial charge in [0.25, 0.3) is 0 Å². The number of carbonyl (C=O) groups is 3. The molecule has 0 radical (unpaired) electrons. The van der Waals surface area contributed by atoms with Gasteiger partial charge < -0.3 is 14.8 Å². The minimum Gasteiger partial charge on any atom is -0.453 e. The summed E-state index contributed by atoms with van der Waals surface area (Å²) < 4.78 is 12.0. The number of ether oxygens (including phenoxy) is 2. The zero-order valence-corrected chi connectivity index (χ0v) is 20.0. The van der Waals surface area contributed by atoms with Crippen LogP contribution in [0, 0.1) is 0 Å². The molecule has 10 heteroatoms. The molecule has 3 aromatic rings. The number of alkyl carbamates (subject to hydrolysis) is 1. The molecule has 1 aliphatic rings. The summed E-state index contributed by atoms with van der Waals surface area (Å²) in [7, 11) is 0. The van der Waals surface area contributed by atoms with E-state index in [9.17, 15) is 14.4 Å². The van der Waals surface area contributed by atoms with Crippen LogP contribution < -0.4 is 5.32 Å². The summed E-state index contributed by atoms with van der Waals surface area (Å²) in [5.74, 6) is -1.15. The minimum absolute atomic E-state index is 0.0414. The summed E-state index contributed by atoms with van der Waals surface area (Å²) in [5, 5.41) is 11.2. The number of esters is 1. The lowest BCUT2D eigenvalue weighted by atomic mass is 10.1. The Labute approximate surface area is 207 Å². The largest absolute Gasteiger partial charge is 0.453 e. The highest BCUT2D eigenvalue weighted by Crippen LogP contribution is 2.36. The molecular weight excluding hydrogens is 472 g/mol. The summed E-state index contributed by atoms with van der Waals surface area (Å²) in [4.78, 5) is 37.7. The van der Waals surface area contributed by atoms with E-state index in [-0.39, 0.29) is 12.3 Å². The number of halogens is 1. The van der Waals surface area contributed by atoms with E-state index >= 15 is 0 Å². The summed E-state index contributed by atoms with van der Waals surface area (Å²) >= 11 is 6.08. The smallest absolute Gasteiger partial charge is 0.408 e. The van der Waals surface area contributed by atoms with E-state index in [1.54, 1.807) is 28.9 Å². The molecule has 1 aromatic heterocycles. The zero-order valence-electron chi connectivity index (χ0n) is 19.2. The summed E-state index contributed by atoms with van der Waals surface area (Å²) in [6, 6.07) is 16.3. The zero-order chi connectivity index (χ0) is 24.8. The van der Waals surface area contributed by atoms with Gasteiger partial charge in [0.05, 0.1) is 11.4 Å². The first-order valence-corrected chi connectivity index (χ1v) is 11.7. The van der Waals surface area contributed by atoms with E-state index in [2.05, 4.69) is 15.6 Å². The van der Waals surface area contributed by atoms with Crippen molar-refractivity contribution >= 4 is 29.4 Å². The molecule has 182 valence electrons. The summed E-state index contributed by atoms with van der Waals surface area (Å²) in [6.07, 6.45) is 1.48. The number of carbonyl (C=O) groups excluding carboxylic acids is 3. The standard InChI is InChI=1S/C25H25ClN4O5/c1-2-7-20-22(28-29-30(20)19-11-6-10-18(26)14-19)23(32)34-16-21(31)25(12-13-25)27-24(33)35-15-17-8-4-3-5-9-17/h3-6,8-11,14H,2,7,12-13,15-16H2,1H3,(H,27,33). The molecule has 1 heterocycles. The first kappa shape index (κ1) is 24.4. The normalized spacial score (nSPS) is 13.7. The Hall–Kier alpha value is -3.72. The Morgan fingerprint density at radius 3 is 2.54 bits per heavy atom. The maximum absolute atomic E-state index is 12.8. The van der Waals surface area contributed by atoms with Crippen LogP contribution in [0.15, 0.2) is 54.6 Å². The van der Waals surface area contributed by atoms with E-state index in [4.69, 9.17) is 21.1 Å². The van der Waals surface area contributed by atoms with Crippen molar-refractivity contribution in [3.63, 3.8) is 0 Å². The van der Waals surface area contributed by atoms with Crippen LogP contribution in [0.1, 0.15) is 47.9 Å². The van der Waals surface area contributed by atoms with Gasteiger partial charge in [-0.2, -0.15) is 0 Å². The molecule has 1 aliphatic carbocycles. The molecule has 0 atom stereocenters. The monoisotopic (exact) mass is 496 g/mol. The molecule has 0 aliphatic heterocycles. The maximum atomic E-state index is 12.8. The van der Waals surface area contributed by atoms with E-state index in [0.717, 1.165) is 12.0 Å². The van der Waals surface area contributed by atoms with Crippen molar-refractivity contribution in [1.29, 1.82) is 0 Å². The van der Waals surface area contributed by atoms with Crippen LogP contribution in [0.2, 0.25) is 5.02 Å². The summed E-state index contributed by atoms with van der Waals surface area (Å²) in [6.45, 7) is 1.56. The van der Waals surface area contributed by atoms with E-state index in [0.29, 0.717) is 35.7 Å². The summed E-state index contributed by atoms with van der Waals surface area (Å²) in [5.41, 5.74) is 1.04. The van der Waals surface area contributed by atoms with Gasteiger partial charge in [-0.15, -0.1) is 5.10 Å². The third kappa shape index (κ3) is 5.86. The highest BCUT2D eigenvalue weighted by atomic mass is 35.5. The average molecular weight is 497 g/mol. The quantitative estimate of drug-likeness (QED) is 0.421. The number of nitrogens with one attached hydrogen (secondary N) is 1. The molecule has 1 saturated carbocycles. The number of ketones is 1. The van der Waals surface area contributed by atoms with Crippen molar-refractivity contribution in [2.45, 2.75) is 44.8 Å². The molecule has 0 spiro atoms. The fourth-order valence-electron chi connectivity index (χ4n) is 3.63. The molecule has 4 rings (SSSR count). The van der Waals surface area contributed by atoms with Crippen molar-refractivity contribution in [2.24, 2.45) is 0 Å². The second-order valence-electron chi connectivity index (χ2n) is 8.29. The van der Waals surface area contributed by atoms with Gasteiger partial charge in [0.15, 0.2) is 18.1 Å². The number of benzene rings is 2. The van der Waals surface area contributed by atoms with Gasteiger partial charge in [0.1, 0.15) is 12.1 Å². The van der Waals surface area contributed by atoms with Gasteiger partial charge >= 0.3 is 12.1 Å². The topological polar surface area (TPSA) is 112 Å². The van der Waals surface area contributed by atoms with Crippen LogP contribution >= 0.6 is 11.6 Å². The Bertz CT molecular complexity index is 1220. The van der Waals surface area contributed by atoms with Crippen LogP contribution in [0.4, 0.5) is 4.79 Å². The molecule has 9 nitrogen and oxygen atoms in total. The van der Waals surface area contributed by atoms with Crippen LogP contribution in [0.3, 0.4) is 0 Å². The van der Waals surface area contributed by atoms with Gasteiger partial charge in [-0.05, 0) is 43.0 Å². The molecule has 0 bridgehead atoms. The number of rotatable bonds is 10. The fourth-order valence-corrected chi connectivity index (χ4v) is 3.81. The predicted octanol–water partition coefficient (Wildman–Crippen LogP) is 4.06. The number of aromatic nitrogens is 3. The molecular formula is C25H25ClN4O5. The van der Waals surface area contributed by atoms with Gasteiger partial charge in [-0.25, -0.2) is 14.3 Å². The van der Waals surface area contributed by atoms with Crippen LogP contribution in [0.25, 0.3) is 5.69 Å². The second kappa shape index (κ2) is 10.7. The highest BCUT2D eigenvalue weighted by Gasteiger charge is 2.51. The van der Waals surface area contributed by atoms with Gasteiger partial charge in [0, 0.05) is 5.02 Å². The SMILES string of the molecule is CCCc1c(C(=O)OCC(=O)C2(NC(=O)OCc3ccccc3)CC2)nnn1-c1cccc(Cl)c1. The van der Waals surface area contributed by atoms with Gasteiger partial charge in [0.2, 0.25) is 0 Å². The van der Waals surface area contributed by atoms with E-state index in [1.165, 1.54) is 0 Å². The Balaban J connectivity index is 1.36. The molecule has 1 amide bonds. The second-order valence-corrected chi connectivity index (χ2v) is 8.73. The first-order chi connectivity index (χ1) is 16.9. The lowest BCUT2D eigenvalue weighted by Gasteiger charge is -2.16. The average Bonchev–Trinajstić information content (AvgIpc) is 3.52. The van der Waals surface area contributed by atoms with Crippen LogP contribution in [-0.4, -0.2) is 45.0 Å². The Kier molecular flexibility index (Phi) is 7.45. The van der Waals surface area contributed by atoms with Crippen molar-refractivity contribution in [1.82, 2.24) is 20.3 Å². The number of hydrogen-bond donors (Lipinski definition) is 1. The predicted molar refractivity (Wildman–Crippen MR) is 127 cm³/mol. The molecule has 1 N–H and O–H groups in total. The molecule has 35 heavy (non-hydrogen) atoms. The highest BCUT2D eigenvalue weighted by molar-refractivity contribution is 6.30. The molecule has 1 fully saturated rings. The maximum Gasteiger partial charge on any atom is 0.408 e. The number of Topliss-reactive ketones (excluding diaryl/α,β-unsaturated/α-hetero) is 1. The van der Waals surface area contributed by atoms with Crippen LogP contribution in [0.5, 0.6) is 0 Å². The molecule has 2 aromatic carbocycles. The van der Waals surface area contributed by atoms with Gasteiger partial charge in [-0.1, -0.05) is 66.6 Å². The number of nitrogens with zero attached hydrogens (tertiary/aromatic N) is 3. The third-order valence-electron chi connectivity index (χ3n) is 5.67. The third-order valence-corrected chi connectivity index (χ3v) is 5.90. The van der Waals surface area contributed by atoms with Crippen molar-refractivity contribution in [3.05, 3.63) is 76.6 Å². The fraction of sp³-hybridized carbons (Fsp3) is 0.320. The van der Waals surface area contributed by atoms with Crippen LogP contribution in [-0.2, 0) is 27.3 Å². The number of amides is 1. The van der Waals surface area contributed by atoms with E-state index in [1.807, 2.05) is 37.3 Å². The van der Waals surface area contributed by atoms with Crippen molar-refractivity contribution in [3.8, 4) is 5.69 Å². The Morgan fingerprint density at radius 1 is 1.09 bits per heavy atom. The lowest BCUT2D eigenvalue weighted by Crippen LogP contribution is -2.45. The molecule has 0 saturated heterocycles. The van der Waals surface area contributed by atoms with Crippen molar-refractivity contribution in [2.75, 3.05) is 6.61 Å². The lowest BCUT2D eigenvalue weighted by molar-refractivity contribution is -0.125. The van der Waals surface area contributed by atoms with E-state index < -0.39 is 30.0 Å². The van der Waals surface area contributed by atoms with Gasteiger partial charge in [-0.3, -0.25) is 4.79 Å². The number of hydrogen-bond acceptors (Lipinski definition) is 7. The van der Waals surface area contributed by atoms with Crippen molar-refractivity contribution < 1.29 is 23.9 Å².